The molecule has 12 heavy (non-hydrogen) atoms. The van der Waals surface area contributed by atoms with Gasteiger partial charge >= 0.3 is 5.97 Å². The molecule has 0 unspecified atom stereocenters. The summed E-state index contributed by atoms with van der Waals surface area (Å²) in [6.45, 7) is 4.12. The maximum Gasteiger partial charge on any atom is 0.334 e. The van der Waals surface area contributed by atoms with Crippen molar-refractivity contribution in [3.63, 3.8) is 0 Å². The molecule has 2 heteroatoms. The minimum absolute atomic E-state index is 0.294. The molecule has 66 valence electrons. The van der Waals surface area contributed by atoms with E-state index in [1.807, 2.05) is 6.92 Å². The summed E-state index contributed by atoms with van der Waals surface area (Å²) in [6.07, 6.45) is 8.05. The molecule has 0 radical (unpaired) electrons. The SMILES string of the molecule is C#CCC(=CCC)C(=O)OCC. The summed E-state index contributed by atoms with van der Waals surface area (Å²) < 4.78 is 4.81. The Morgan fingerprint density at radius 2 is 2.25 bits per heavy atom. The summed E-state index contributed by atoms with van der Waals surface area (Å²) in [5.41, 5.74) is 0.585. The van der Waals surface area contributed by atoms with Crippen LogP contribution in [0.4, 0.5) is 0 Å². The lowest BCUT2D eigenvalue weighted by molar-refractivity contribution is -0.138. The second-order valence-electron chi connectivity index (χ2n) is 2.24. The number of carbonyl (C=O) groups excluding carboxylic acids is 1. The lowest BCUT2D eigenvalue weighted by Gasteiger charge is -2.02. The van der Waals surface area contributed by atoms with Crippen molar-refractivity contribution in [3.8, 4) is 12.3 Å². The van der Waals surface area contributed by atoms with Crippen LogP contribution in [0.25, 0.3) is 0 Å². The molecule has 0 aliphatic rings. The van der Waals surface area contributed by atoms with E-state index in [-0.39, 0.29) is 5.97 Å². The van der Waals surface area contributed by atoms with Gasteiger partial charge in [0, 0.05) is 12.0 Å². The van der Waals surface area contributed by atoms with Gasteiger partial charge in [0.2, 0.25) is 0 Å². The molecular weight excluding hydrogens is 152 g/mol. The molecule has 0 saturated carbocycles. The van der Waals surface area contributed by atoms with Gasteiger partial charge < -0.3 is 4.74 Å². The molecule has 0 aliphatic carbocycles. The fourth-order valence-corrected chi connectivity index (χ4v) is 0.808. The van der Waals surface area contributed by atoms with Crippen LogP contribution >= 0.6 is 0 Å². The monoisotopic (exact) mass is 166 g/mol. The molecule has 0 aliphatic heterocycles. The topological polar surface area (TPSA) is 26.3 Å². The zero-order chi connectivity index (χ0) is 9.40. The second kappa shape index (κ2) is 6.48. The van der Waals surface area contributed by atoms with Crippen LogP contribution in [-0.4, -0.2) is 12.6 Å². The molecule has 0 N–H and O–H groups in total. The van der Waals surface area contributed by atoms with Gasteiger partial charge in [-0.15, -0.1) is 12.3 Å². The van der Waals surface area contributed by atoms with Crippen molar-refractivity contribution in [2.24, 2.45) is 0 Å². The predicted octanol–water partition coefficient (Wildman–Crippen LogP) is 1.91. The number of ether oxygens (including phenoxy) is 1. The van der Waals surface area contributed by atoms with E-state index in [1.165, 1.54) is 0 Å². The lowest BCUT2D eigenvalue weighted by Crippen LogP contribution is -2.07. The van der Waals surface area contributed by atoms with Crippen molar-refractivity contribution in [3.05, 3.63) is 11.6 Å². The van der Waals surface area contributed by atoms with Gasteiger partial charge in [-0.2, -0.15) is 0 Å². The Kier molecular flexibility index (Phi) is 5.81. The summed E-state index contributed by atoms with van der Waals surface area (Å²) in [6, 6.07) is 0. The Labute approximate surface area is 73.6 Å². The number of rotatable bonds is 4. The van der Waals surface area contributed by atoms with Gasteiger partial charge in [-0.3, -0.25) is 0 Å². The van der Waals surface area contributed by atoms with Crippen molar-refractivity contribution in [1.82, 2.24) is 0 Å². The quantitative estimate of drug-likeness (QED) is 0.362. The number of esters is 1. The lowest BCUT2D eigenvalue weighted by atomic mass is 10.1. The highest BCUT2D eigenvalue weighted by molar-refractivity contribution is 5.88. The normalized spacial score (nSPS) is 10.6. The molecule has 2 nitrogen and oxygen atoms in total. The molecular formula is C10H14O2. The van der Waals surface area contributed by atoms with Gasteiger partial charge in [0.05, 0.1) is 6.61 Å². The molecule has 0 atom stereocenters. The Hall–Kier alpha value is -1.23. The fourth-order valence-electron chi connectivity index (χ4n) is 0.808. The first-order valence-corrected chi connectivity index (χ1v) is 4.05. The van der Waals surface area contributed by atoms with Crippen LogP contribution in [0.2, 0.25) is 0 Å². The third-order valence-electron chi connectivity index (χ3n) is 1.28. The molecule has 0 aromatic carbocycles. The van der Waals surface area contributed by atoms with Gasteiger partial charge in [0.1, 0.15) is 0 Å². The third-order valence-corrected chi connectivity index (χ3v) is 1.28. The molecule has 0 spiro atoms. The van der Waals surface area contributed by atoms with E-state index in [0.29, 0.717) is 18.6 Å². The largest absolute Gasteiger partial charge is 0.463 e. The molecule has 0 heterocycles. The van der Waals surface area contributed by atoms with E-state index in [4.69, 9.17) is 11.2 Å². The summed E-state index contributed by atoms with van der Waals surface area (Å²) in [5.74, 6) is 2.13. The Morgan fingerprint density at radius 3 is 2.67 bits per heavy atom. The van der Waals surface area contributed by atoms with Crippen molar-refractivity contribution >= 4 is 5.97 Å². The molecule has 0 bridgehead atoms. The van der Waals surface area contributed by atoms with Crippen LogP contribution in [0.3, 0.4) is 0 Å². The average Bonchev–Trinajstić information content (AvgIpc) is 2.04. The highest BCUT2D eigenvalue weighted by Gasteiger charge is 2.07. The van der Waals surface area contributed by atoms with Crippen molar-refractivity contribution in [2.45, 2.75) is 26.7 Å². The first-order valence-electron chi connectivity index (χ1n) is 4.05. The molecule has 0 fully saturated rings. The number of hydrogen-bond acceptors (Lipinski definition) is 2. The molecule has 0 amide bonds. The van der Waals surface area contributed by atoms with Crippen molar-refractivity contribution in [1.29, 1.82) is 0 Å². The zero-order valence-electron chi connectivity index (χ0n) is 7.59. The van der Waals surface area contributed by atoms with E-state index in [1.54, 1.807) is 13.0 Å². The van der Waals surface area contributed by atoms with Gasteiger partial charge in [0.25, 0.3) is 0 Å². The predicted molar refractivity (Wildman–Crippen MR) is 48.5 cm³/mol. The highest BCUT2D eigenvalue weighted by Crippen LogP contribution is 2.04. The molecule has 0 aromatic heterocycles. The highest BCUT2D eigenvalue weighted by atomic mass is 16.5. The molecule has 0 rings (SSSR count). The van der Waals surface area contributed by atoms with E-state index >= 15 is 0 Å². The maximum absolute atomic E-state index is 11.1. The van der Waals surface area contributed by atoms with Crippen molar-refractivity contribution < 1.29 is 9.53 Å². The minimum atomic E-state index is -0.294. The maximum atomic E-state index is 11.1. The second-order valence-corrected chi connectivity index (χ2v) is 2.24. The van der Waals surface area contributed by atoms with Crippen LogP contribution < -0.4 is 0 Å². The number of terminal acetylenes is 1. The summed E-state index contributed by atoms with van der Waals surface area (Å²) >= 11 is 0. The number of allylic oxidation sites excluding steroid dienone is 1. The standard InChI is InChI=1S/C10H14O2/c1-4-7-9(8-5-2)10(11)12-6-3/h1,8H,5-7H2,2-3H3. The first kappa shape index (κ1) is 10.8. The summed E-state index contributed by atoms with van der Waals surface area (Å²) in [4.78, 5) is 11.1. The zero-order valence-corrected chi connectivity index (χ0v) is 7.59. The Bertz CT molecular complexity index is 208. The number of carbonyl (C=O) groups is 1. The minimum Gasteiger partial charge on any atom is -0.463 e. The molecule has 0 aromatic rings. The Morgan fingerprint density at radius 1 is 1.58 bits per heavy atom. The van der Waals surface area contributed by atoms with Gasteiger partial charge in [-0.25, -0.2) is 4.79 Å². The first-order chi connectivity index (χ1) is 5.76. The summed E-state index contributed by atoms with van der Waals surface area (Å²) in [5, 5.41) is 0. The van der Waals surface area contributed by atoms with Gasteiger partial charge in [-0.1, -0.05) is 13.0 Å². The van der Waals surface area contributed by atoms with E-state index in [9.17, 15) is 4.79 Å². The average molecular weight is 166 g/mol. The summed E-state index contributed by atoms with van der Waals surface area (Å²) in [7, 11) is 0. The van der Waals surface area contributed by atoms with Gasteiger partial charge in [-0.05, 0) is 13.3 Å². The number of hydrogen-bond donors (Lipinski definition) is 0. The van der Waals surface area contributed by atoms with E-state index in [0.717, 1.165) is 6.42 Å². The van der Waals surface area contributed by atoms with E-state index < -0.39 is 0 Å². The van der Waals surface area contributed by atoms with Crippen LogP contribution in [0, 0.1) is 12.3 Å². The van der Waals surface area contributed by atoms with Crippen LogP contribution in [0.1, 0.15) is 26.7 Å². The van der Waals surface area contributed by atoms with Crippen LogP contribution in [0.5, 0.6) is 0 Å². The Balaban J connectivity index is 4.21. The smallest absolute Gasteiger partial charge is 0.334 e. The van der Waals surface area contributed by atoms with E-state index in [2.05, 4.69) is 5.92 Å². The fraction of sp³-hybridized carbons (Fsp3) is 0.500. The van der Waals surface area contributed by atoms with Crippen molar-refractivity contribution in [2.75, 3.05) is 6.61 Å². The molecule has 0 saturated heterocycles. The van der Waals surface area contributed by atoms with Crippen LogP contribution in [0.15, 0.2) is 11.6 Å². The van der Waals surface area contributed by atoms with Crippen LogP contribution in [-0.2, 0) is 9.53 Å². The third kappa shape index (κ3) is 3.82. The van der Waals surface area contributed by atoms with Gasteiger partial charge in [0.15, 0.2) is 0 Å².